The maximum absolute atomic E-state index is 6.09. The Labute approximate surface area is 201 Å². The number of hydrogen-bond acceptors (Lipinski definition) is 5. The van der Waals surface area contributed by atoms with E-state index < -0.39 is 0 Å². The molecule has 6 nitrogen and oxygen atoms in total. The highest BCUT2D eigenvalue weighted by Gasteiger charge is 2.12. The lowest BCUT2D eigenvalue weighted by Crippen LogP contribution is -2.03. The van der Waals surface area contributed by atoms with Crippen LogP contribution in [-0.2, 0) is 13.2 Å². The Balaban J connectivity index is 1.53. The van der Waals surface area contributed by atoms with Crippen molar-refractivity contribution in [2.24, 2.45) is 5.10 Å². The number of halogens is 1. The number of anilines is 1. The normalized spacial score (nSPS) is 11.2. The number of rotatable bonds is 9. The average Bonchev–Trinajstić information content (AvgIpc) is 3.17. The van der Waals surface area contributed by atoms with Gasteiger partial charge in [0, 0.05) is 6.54 Å². The van der Waals surface area contributed by atoms with E-state index in [0.717, 1.165) is 38.0 Å². The molecular weight excluding hydrogens is 515 g/mol. The van der Waals surface area contributed by atoms with Gasteiger partial charge in [0.1, 0.15) is 6.61 Å². The topological polar surface area (TPSA) is 60.7 Å². The Kier molecular flexibility index (Phi) is 7.26. The van der Waals surface area contributed by atoms with Gasteiger partial charge in [-0.05, 0) is 71.8 Å². The number of imidazole rings is 1. The lowest BCUT2D eigenvalue weighted by Gasteiger charge is -2.14. The van der Waals surface area contributed by atoms with E-state index >= 15 is 0 Å². The summed E-state index contributed by atoms with van der Waals surface area (Å²) < 4.78 is 15.0. The number of aryl methyl sites for hydroxylation is 1. The van der Waals surface area contributed by atoms with Crippen molar-refractivity contribution in [1.29, 1.82) is 0 Å². The van der Waals surface area contributed by atoms with Crippen molar-refractivity contribution in [3.05, 3.63) is 81.4 Å². The predicted octanol–water partition coefficient (Wildman–Crippen LogP) is 6.08. The van der Waals surface area contributed by atoms with Crippen LogP contribution in [0.3, 0.4) is 0 Å². The number of benzene rings is 3. The maximum atomic E-state index is 6.09. The summed E-state index contributed by atoms with van der Waals surface area (Å²) in [4.78, 5) is 4.64. The quantitative estimate of drug-likeness (QED) is 0.159. The largest absolute Gasteiger partial charge is 0.490 e. The highest BCUT2D eigenvalue weighted by Crippen LogP contribution is 2.34. The molecule has 0 fully saturated rings. The fourth-order valence-corrected chi connectivity index (χ4v) is 4.22. The first kappa shape index (κ1) is 22.1. The summed E-state index contributed by atoms with van der Waals surface area (Å²) in [5, 5.41) is 4.42. The van der Waals surface area contributed by atoms with Gasteiger partial charge in [-0.2, -0.15) is 5.10 Å². The van der Waals surface area contributed by atoms with E-state index in [2.05, 4.69) is 55.7 Å². The predicted molar refractivity (Wildman–Crippen MR) is 138 cm³/mol. The third kappa shape index (κ3) is 5.04. The van der Waals surface area contributed by atoms with Crippen molar-refractivity contribution in [3.63, 3.8) is 0 Å². The zero-order chi connectivity index (χ0) is 22.3. The number of hydrazone groups is 1. The summed E-state index contributed by atoms with van der Waals surface area (Å²) in [6.07, 6.45) is 1.77. The number of hydrogen-bond donors (Lipinski definition) is 1. The summed E-state index contributed by atoms with van der Waals surface area (Å²) in [6, 6.07) is 22.1. The van der Waals surface area contributed by atoms with Crippen LogP contribution in [-0.4, -0.2) is 22.4 Å². The van der Waals surface area contributed by atoms with Crippen molar-refractivity contribution in [1.82, 2.24) is 9.55 Å². The summed E-state index contributed by atoms with van der Waals surface area (Å²) in [5.74, 6) is 2.17. The molecule has 0 saturated heterocycles. The van der Waals surface area contributed by atoms with Crippen LogP contribution in [0.5, 0.6) is 11.5 Å². The zero-order valence-corrected chi connectivity index (χ0v) is 20.2. The molecule has 0 amide bonds. The van der Waals surface area contributed by atoms with Crippen molar-refractivity contribution < 1.29 is 9.47 Å². The molecular formula is C25H25IN4O2. The van der Waals surface area contributed by atoms with Gasteiger partial charge in [0.25, 0.3) is 0 Å². The minimum absolute atomic E-state index is 0.485. The van der Waals surface area contributed by atoms with E-state index in [1.165, 1.54) is 0 Å². The molecule has 1 N–H and O–H groups in total. The van der Waals surface area contributed by atoms with Crippen LogP contribution < -0.4 is 14.9 Å². The molecule has 4 rings (SSSR count). The molecule has 0 atom stereocenters. The summed E-state index contributed by atoms with van der Waals surface area (Å²) >= 11 is 2.27. The monoisotopic (exact) mass is 540 g/mol. The second kappa shape index (κ2) is 10.5. The van der Waals surface area contributed by atoms with Gasteiger partial charge >= 0.3 is 0 Å². The second-order valence-electron chi connectivity index (χ2n) is 7.08. The van der Waals surface area contributed by atoms with Crippen LogP contribution in [0.25, 0.3) is 11.0 Å². The molecule has 0 saturated carbocycles. The van der Waals surface area contributed by atoms with Crippen molar-refractivity contribution in [2.45, 2.75) is 27.0 Å². The van der Waals surface area contributed by atoms with Crippen LogP contribution >= 0.6 is 22.6 Å². The fraction of sp³-hybridized carbons (Fsp3) is 0.200. The number of nitrogens with one attached hydrogen (secondary N) is 1. The van der Waals surface area contributed by atoms with Crippen LogP contribution in [0.4, 0.5) is 5.95 Å². The van der Waals surface area contributed by atoms with Gasteiger partial charge in [0.2, 0.25) is 5.95 Å². The summed E-state index contributed by atoms with van der Waals surface area (Å²) in [5.41, 5.74) is 7.13. The smallest absolute Gasteiger partial charge is 0.224 e. The van der Waals surface area contributed by atoms with Crippen LogP contribution in [0, 0.1) is 3.57 Å². The van der Waals surface area contributed by atoms with Gasteiger partial charge in [-0.1, -0.05) is 42.5 Å². The standard InChI is InChI=1S/C25H25IN4O2/c1-3-30-22-13-9-8-12-21(22)28-25(30)29-27-16-19-14-20(26)24(23(15-19)31-4-2)32-17-18-10-6-5-7-11-18/h5-16H,3-4,17H2,1-2H3,(H,28,29)/b27-16-. The number of para-hydroxylation sites is 2. The van der Waals surface area contributed by atoms with E-state index in [1.807, 2.05) is 67.6 Å². The first-order chi connectivity index (χ1) is 15.7. The van der Waals surface area contributed by atoms with Gasteiger partial charge in [0.05, 0.1) is 27.4 Å². The van der Waals surface area contributed by atoms with Crippen molar-refractivity contribution in [2.75, 3.05) is 12.0 Å². The molecule has 164 valence electrons. The molecule has 4 aromatic rings. The molecule has 0 spiro atoms. The zero-order valence-electron chi connectivity index (χ0n) is 18.1. The average molecular weight is 540 g/mol. The Hall–Kier alpha value is -3.07. The number of aromatic nitrogens is 2. The van der Waals surface area contributed by atoms with Crippen LogP contribution in [0.1, 0.15) is 25.0 Å². The molecule has 1 aromatic heterocycles. The van der Waals surface area contributed by atoms with E-state index in [-0.39, 0.29) is 0 Å². The number of ether oxygens (including phenoxy) is 2. The van der Waals surface area contributed by atoms with Crippen molar-refractivity contribution >= 4 is 45.8 Å². The van der Waals surface area contributed by atoms with Gasteiger partial charge in [-0.25, -0.2) is 10.4 Å². The molecule has 7 heteroatoms. The SMILES string of the molecule is CCOc1cc(/C=N\Nc2nc3ccccc3n2CC)cc(I)c1OCc1ccccc1. The van der Waals surface area contributed by atoms with E-state index in [9.17, 15) is 0 Å². The molecule has 0 bridgehead atoms. The molecule has 0 unspecified atom stereocenters. The highest BCUT2D eigenvalue weighted by molar-refractivity contribution is 14.1. The first-order valence-electron chi connectivity index (χ1n) is 10.6. The van der Waals surface area contributed by atoms with E-state index in [4.69, 9.17) is 9.47 Å². The van der Waals surface area contributed by atoms with Gasteiger partial charge < -0.3 is 14.0 Å². The van der Waals surface area contributed by atoms with Gasteiger partial charge in [0.15, 0.2) is 11.5 Å². The molecule has 0 aliphatic carbocycles. The molecule has 0 aliphatic rings. The first-order valence-corrected chi connectivity index (χ1v) is 11.6. The Morgan fingerprint density at radius 1 is 1.03 bits per heavy atom. The maximum Gasteiger partial charge on any atom is 0.224 e. The van der Waals surface area contributed by atoms with E-state index in [0.29, 0.717) is 24.9 Å². The Bertz CT molecular complexity index is 1220. The van der Waals surface area contributed by atoms with Gasteiger partial charge in [-0.3, -0.25) is 0 Å². The summed E-state index contributed by atoms with van der Waals surface area (Å²) in [7, 11) is 0. The molecule has 32 heavy (non-hydrogen) atoms. The van der Waals surface area contributed by atoms with Gasteiger partial charge in [-0.15, -0.1) is 0 Å². The molecule has 0 radical (unpaired) electrons. The van der Waals surface area contributed by atoms with Crippen molar-refractivity contribution in [3.8, 4) is 11.5 Å². The molecule has 3 aromatic carbocycles. The lowest BCUT2D eigenvalue weighted by atomic mass is 10.2. The summed E-state index contributed by atoms with van der Waals surface area (Å²) in [6.45, 7) is 5.90. The minimum Gasteiger partial charge on any atom is -0.490 e. The number of fused-ring (bicyclic) bond motifs is 1. The van der Waals surface area contributed by atoms with Crippen LogP contribution in [0.2, 0.25) is 0 Å². The lowest BCUT2D eigenvalue weighted by molar-refractivity contribution is 0.267. The third-order valence-corrected chi connectivity index (χ3v) is 5.71. The fourth-order valence-electron chi connectivity index (χ4n) is 3.44. The van der Waals surface area contributed by atoms with Crippen LogP contribution in [0.15, 0.2) is 71.8 Å². The van der Waals surface area contributed by atoms with E-state index in [1.54, 1.807) is 6.21 Å². The Morgan fingerprint density at radius 2 is 1.81 bits per heavy atom. The highest BCUT2D eigenvalue weighted by atomic mass is 127. The molecule has 0 aliphatic heterocycles. The Morgan fingerprint density at radius 3 is 2.59 bits per heavy atom. The third-order valence-electron chi connectivity index (χ3n) is 4.91. The second-order valence-corrected chi connectivity index (χ2v) is 8.24. The molecule has 1 heterocycles. The minimum atomic E-state index is 0.485. The number of nitrogens with zero attached hydrogens (tertiary/aromatic N) is 3.